The minimum Gasteiger partial charge on any atom is -0.478 e. The summed E-state index contributed by atoms with van der Waals surface area (Å²) in [6.45, 7) is 6.10. The summed E-state index contributed by atoms with van der Waals surface area (Å²) >= 11 is 0. The molecule has 0 spiro atoms. The number of rotatable bonds is 3. The summed E-state index contributed by atoms with van der Waals surface area (Å²) in [6.07, 6.45) is 0.311. The molecule has 2 heterocycles. The number of aromatic nitrogens is 2. The second-order valence-corrected chi connectivity index (χ2v) is 6.80. The molecular weight excluding hydrogens is 337 g/mol. The fourth-order valence-corrected chi connectivity index (χ4v) is 3.83. The van der Waals surface area contributed by atoms with Crippen molar-refractivity contribution in [2.24, 2.45) is 7.05 Å². The Hall–Kier alpha value is -2.70. The van der Waals surface area contributed by atoms with Gasteiger partial charge >= 0.3 is 5.97 Å². The smallest absolute Gasteiger partial charge is 0.336 e. The van der Waals surface area contributed by atoms with Gasteiger partial charge in [0.2, 0.25) is 5.91 Å². The summed E-state index contributed by atoms with van der Waals surface area (Å²) in [5, 5.41) is 13.7. The number of hydrogen-bond donors (Lipinski definition) is 1. The normalized spacial score (nSPS) is 14.9. The van der Waals surface area contributed by atoms with E-state index < -0.39 is 17.7 Å². The molecule has 0 radical (unpaired) electrons. The van der Waals surface area contributed by atoms with Crippen LogP contribution in [0.2, 0.25) is 0 Å². The van der Waals surface area contributed by atoms with Crippen molar-refractivity contribution in [2.75, 3.05) is 6.54 Å². The first-order chi connectivity index (χ1) is 12.2. The number of amides is 1. The van der Waals surface area contributed by atoms with Crippen LogP contribution in [-0.2, 0) is 24.8 Å². The molecule has 3 rings (SSSR count). The van der Waals surface area contributed by atoms with Crippen LogP contribution < -0.4 is 0 Å². The maximum absolute atomic E-state index is 14.1. The van der Waals surface area contributed by atoms with E-state index >= 15 is 0 Å². The van der Waals surface area contributed by atoms with Gasteiger partial charge in [-0.2, -0.15) is 5.10 Å². The van der Waals surface area contributed by atoms with Crippen LogP contribution in [0.4, 0.5) is 4.39 Å². The molecule has 0 aliphatic carbocycles. The molecule has 0 saturated carbocycles. The number of benzene rings is 1. The Labute approximate surface area is 151 Å². The third-order valence-corrected chi connectivity index (χ3v) is 5.27. The maximum Gasteiger partial charge on any atom is 0.336 e. The third kappa shape index (κ3) is 2.87. The van der Waals surface area contributed by atoms with Crippen molar-refractivity contribution in [1.82, 2.24) is 14.7 Å². The van der Waals surface area contributed by atoms with Gasteiger partial charge in [-0.3, -0.25) is 9.48 Å². The molecule has 1 aliphatic heterocycles. The van der Waals surface area contributed by atoms with Crippen molar-refractivity contribution in [1.29, 1.82) is 0 Å². The number of nitrogens with zero attached hydrogens (tertiary/aromatic N) is 3. The van der Waals surface area contributed by atoms with Crippen LogP contribution in [0.15, 0.2) is 12.1 Å². The number of carboxylic acid groups (broad SMARTS) is 1. The summed E-state index contributed by atoms with van der Waals surface area (Å²) in [6, 6.07) is 2.45. The molecule has 1 aliphatic rings. The molecule has 138 valence electrons. The average Bonchev–Trinajstić information content (AvgIpc) is 2.85. The van der Waals surface area contributed by atoms with Gasteiger partial charge in [0.05, 0.1) is 17.2 Å². The topological polar surface area (TPSA) is 75.4 Å². The van der Waals surface area contributed by atoms with Gasteiger partial charge in [0.15, 0.2) is 0 Å². The van der Waals surface area contributed by atoms with E-state index in [1.807, 2.05) is 27.8 Å². The highest BCUT2D eigenvalue weighted by Gasteiger charge is 2.31. The highest BCUT2D eigenvalue weighted by atomic mass is 19.1. The molecule has 0 saturated heterocycles. The number of carbonyl (C=O) groups excluding carboxylic acids is 1. The first-order valence-electron chi connectivity index (χ1n) is 8.54. The highest BCUT2D eigenvalue weighted by molar-refractivity contribution is 5.90. The lowest BCUT2D eigenvalue weighted by atomic mass is 9.92. The predicted molar refractivity (Wildman–Crippen MR) is 93.6 cm³/mol. The first-order valence-corrected chi connectivity index (χ1v) is 8.54. The van der Waals surface area contributed by atoms with Crippen LogP contribution in [0.5, 0.6) is 0 Å². The Morgan fingerprint density at radius 1 is 1.27 bits per heavy atom. The Kier molecular flexibility index (Phi) is 4.56. The lowest BCUT2D eigenvalue weighted by molar-refractivity contribution is -0.133. The Bertz CT molecular complexity index is 904. The summed E-state index contributed by atoms with van der Waals surface area (Å²) in [4.78, 5) is 26.1. The molecule has 1 amide bonds. The van der Waals surface area contributed by atoms with Crippen LogP contribution >= 0.6 is 0 Å². The molecule has 1 N–H and O–H groups in total. The van der Waals surface area contributed by atoms with E-state index in [0.717, 1.165) is 17.0 Å². The van der Waals surface area contributed by atoms with Crippen molar-refractivity contribution < 1.29 is 19.1 Å². The lowest BCUT2D eigenvalue weighted by Crippen LogP contribution is -2.39. The summed E-state index contributed by atoms with van der Waals surface area (Å²) in [5.74, 6) is -2.02. The molecule has 1 aromatic carbocycles. The number of hydrogen-bond acceptors (Lipinski definition) is 3. The van der Waals surface area contributed by atoms with E-state index in [-0.39, 0.29) is 18.0 Å². The van der Waals surface area contributed by atoms with Gasteiger partial charge in [-0.25, -0.2) is 9.18 Å². The van der Waals surface area contributed by atoms with Gasteiger partial charge in [0.25, 0.3) is 0 Å². The maximum atomic E-state index is 14.1. The molecular formula is C19H22FN3O3. The molecule has 1 unspecified atom stereocenters. The number of carbonyl (C=O) groups is 2. The van der Waals surface area contributed by atoms with Crippen molar-refractivity contribution in [3.05, 3.63) is 51.6 Å². The number of halogens is 1. The fraction of sp³-hybridized carbons (Fsp3) is 0.421. The standard InChI is InChI=1S/C19H22FN3O3/c1-10(17-11(2)21-22(4)12(17)3)18(24)23-8-7-13-15(9-23)14(19(25)26)5-6-16(13)20/h5-6,10H,7-9H2,1-4H3,(H,25,26). The molecule has 26 heavy (non-hydrogen) atoms. The molecule has 0 bridgehead atoms. The highest BCUT2D eigenvalue weighted by Crippen LogP contribution is 2.30. The minimum absolute atomic E-state index is 0.0558. The second kappa shape index (κ2) is 6.55. The SMILES string of the molecule is Cc1nn(C)c(C)c1C(C)C(=O)N1CCc2c(F)ccc(C(=O)O)c2C1. The van der Waals surface area contributed by atoms with E-state index in [9.17, 15) is 19.1 Å². The quantitative estimate of drug-likeness (QED) is 0.914. The molecule has 6 nitrogen and oxygen atoms in total. The van der Waals surface area contributed by atoms with Crippen LogP contribution in [0, 0.1) is 19.7 Å². The van der Waals surface area contributed by atoms with Gasteiger partial charge in [-0.15, -0.1) is 0 Å². The van der Waals surface area contributed by atoms with Crippen molar-refractivity contribution in [2.45, 2.75) is 39.7 Å². The van der Waals surface area contributed by atoms with Gasteiger partial charge in [-0.1, -0.05) is 0 Å². The Balaban J connectivity index is 1.92. The van der Waals surface area contributed by atoms with E-state index in [0.29, 0.717) is 24.1 Å². The minimum atomic E-state index is -1.11. The van der Waals surface area contributed by atoms with E-state index in [2.05, 4.69) is 5.10 Å². The van der Waals surface area contributed by atoms with Gasteiger partial charge in [0, 0.05) is 31.4 Å². The lowest BCUT2D eigenvalue weighted by Gasteiger charge is -2.32. The number of aryl methyl sites for hydroxylation is 2. The van der Waals surface area contributed by atoms with Crippen molar-refractivity contribution in [3.8, 4) is 0 Å². The number of fused-ring (bicyclic) bond motifs is 1. The third-order valence-electron chi connectivity index (χ3n) is 5.27. The second-order valence-electron chi connectivity index (χ2n) is 6.80. The largest absolute Gasteiger partial charge is 0.478 e. The zero-order valence-corrected chi connectivity index (χ0v) is 15.3. The molecule has 1 atom stereocenters. The summed E-state index contributed by atoms with van der Waals surface area (Å²) in [7, 11) is 1.84. The molecule has 1 aromatic heterocycles. The van der Waals surface area contributed by atoms with Crippen LogP contribution in [0.1, 0.15) is 51.3 Å². The summed E-state index contributed by atoms with van der Waals surface area (Å²) in [5.41, 5.74) is 3.47. The zero-order chi connectivity index (χ0) is 19.2. The Morgan fingerprint density at radius 3 is 2.54 bits per heavy atom. The van der Waals surface area contributed by atoms with Crippen molar-refractivity contribution >= 4 is 11.9 Å². The number of aromatic carboxylic acids is 1. The molecule has 7 heteroatoms. The van der Waals surface area contributed by atoms with Gasteiger partial charge in [-0.05, 0) is 50.5 Å². The van der Waals surface area contributed by atoms with Crippen LogP contribution in [-0.4, -0.2) is 38.2 Å². The monoisotopic (exact) mass is 359 g/mol. The fourth-order valence-electron chi connectivity index (χ4n) is 3.83. The van der Waals surface area contributed by atoms with E-state index in [1.54, 1.807) is 9.58 Å². The van der Waals surface area contributed by atoms with E-state index in [4.69, 9.17) is 0 Å². The van der Waals surface area contributed by atoms with E-state index in [1.165, 1.54) is 12.1 Å². The zero-order valence-electron chi connectivity index (χ0n) is 15.3. The van der Waals surface area contributed by atoms with Crippen LogP contribution in [0.25, 0.3) is 0 Å². The first kappa shape index (κ1) is 18.1. The van der Waals surface area contributed by atoms with Crippen molar-refractivity contribution in [3.63, 3.8) is 0 Å². The van der Waals surface area contributed by atoms with Gasteiger partial charge in [0.1, 0.15) is 5.82 Å². The van der Waals surface area contributed by atoms with Crippen LogP contribution in [0.3, 0.4) is 0 Å². The van der Waals surface area contributed by atoms with Gasteiger partial charge < -0.3 is 10.0 Å². The average molecular weight is 359 g/mol. The summed E-state index contributed by atoms with van der Waals surface area (Å²) < 4.78 is 15.8. The predicted octanol–water partition coefficient (Wildman–Crippen LogP) is 2.56. The Morgan fingerprint density at radius 2 is 1.96 bits per heavy atom. The number of carboxylic acids is 1. The molecule has 0 fully saturated rings. The molecule has 2 aromatic rings.